The summed E-state index contributed by atoms with van der Waals surface area (Å²) in [5.74, 6) is -0.893. The summed E-state index contributed by atoms with van der Waals surface area (Å²) in [6, 6.07) is -0.661. The van der Waals surface area contributed by atoms with Gasteiger partial charge in [-0.1, -0.05) is 6.92 Å². The van der Waals surface area contributed by atoms with E-state index in [1.54, 1.807) is 12.4 Å². The highest BCUT2D eigenvalue weighted by Crippen LogP contribution is 2.36. The SMILES string of the molecule is CCC(C(=O)O)n1cc(B2OC(C)(C)C(C)(C)O2)cn1. The van der Waals surface area contributed by atoms with E-state index < -0.39 is 30.3 Å². The minimum atomic E-state index is -0.893. The normalized spacial score (nSPS) is 21.9. The van der Waals surface area contributed by atoms with E-state index in [9.17, 15) is 4.79 Å². The van der Waals surface area contributed by atoms with Crippen LogP contribution in [0.5, 0.6) is 0 Å². The monoisotopic (exact) mass is 280 g/mol. The first-order valence-corrected chi connectivity index (χ1v) is 6.80. The Balaban J connectivity index is 2.21. The fourth-order valence-electron chi connectivity index (χ4n) is 2.10. The van der Waals surface area contributed by atoms with Crippen molar-refractivity contribution in [1.82, 2.24) is 9.78 Å². The summed E-state index contributed by atoms with van der Waals surface area (Å²) in [6.07, 6.45) is 3.76. The number of rotatable bonds is 4. The summed E-state index contributed by atoms with van der Waals surface area (Å²) in [7, 11) is -0.514. The molecule has 0 bridgehead atoms. The van der Waals surface area contributed by atoms with Gasteiger partial charge in [-0.05, 0) is 34.1 Å². The Kier molecular flexibility index (Phi) is 3.68. The van der Waals surface area contributed by atoms with Gasteiger partial charge in [0.15, 0.2) is 0 Å². The molecule has 1 aromatic rings. The van der Waals surface area contributed by atoms with Crippen LogP contribution in [-0.2, 0) is 14.1 Å². The lowest BCUT2D eigenvalue weighted by Crippen LogP contribution is -2.41. The smallest absolute Gasteiger partial charge is 0.480 e. The topological polar surface area (TPSA) is 73.6 Å². The minimum absolute atomic E-state index is 0.420. The molecule has 0 radical (unpaired) electrons. The molecule has 6 nitrogen and oxygen atoms in total. The molecule has 0 aliphatic carbocycles. The summed E-state index contributed by atoms with van der Waals surface area (Å²) in [6.45, 7) is 9.72. The summed E-state index contributed by atoms with van der Waals surface area (Å²) in [5.41, 5.74) is -0.101. The fraction of sp³-hybridized carbons (Fsp3) is 0.692. The van der Waals surface area contributed by atoms with E-state index in [0.29, 0.717) is 6.42 Å². The van der Waals surface area contributed by atoms with Gasteiger partial charge in [-0.3, -0.25) is 4.68 Å². The number of carbonyl (C=O) groups is 1. The molecule has 1 unspecified atom stereocenters. The molecule has 1 aliphatic heterocycles. The molecule has 0 amide bonds. The first kappa shape index (κ1) is 15.1. The molecule has 2 rings (SSSR count). The number of aromatic nitrogens is 2. The molecular formula is C13H21BN2O4. The molecule has 0 spiro atoms. The summed E-state index contributed by atoms with van der Waals surface area (Å²) in [5, 5.41) is 13.3. The van der Waals surface area contributed by atoms with Gasteiger partial charge in [0.05, 0.1) is 11.2 Å². The molecular weight excluding hydrogens is 259 g/mol. The molecule has 1 saturated heterocycles. The van der Waals surface area contributed by atoms with E-state index >= 15 is 0 Å². The van der Waals surface area contributed by atoms with Gasteiger partial charge >= 0.3 is 13.1 Å². The summed E-state index contributed by atoms with van der Waals surface area (Å²) < 4.78 is 13.3. The van der Waals surface area contributed by atoms with E-state index in [1.807, 2.05) is 34.6 Å². The molecule has 1 aromatic heterocycles. The minimum Gasteiger partial charge on any atom is -0.480 e. The van der Waals surface area contributed by atoms with Gasteiger partial charge in [-0.15, -0.1) is 0 Å². The average molecular weight is 280 g/mol. The van der Waals surface area contributed by atoms with Crippen LogP contribution < -0.4 is 5.46 Å². The van der Waals surface area contributed by atoms with Gasteiger partial charge in [-0.25, -0.2) is 4.79 Å². The van der Waals surface area contributed by atoms with Crippen LogP contribution in [0, 0.1) is 0 Å². The predicted molar refractivity (Wildman–Crippen MR) is 74.9 cm³/mol. The molecule has 1 fully saturated rings. The lowest BCUT2D eigenvalue weighted by atomic mass is 9.82. The molecule has 2 heterocycles. The van der Waals surface area contributed by atoms with Crippen LogP contribution in [0.3, 0.4) is 0 Å². The van der Waals surface area contributed by atoms with Gasteiger partial charge in [0.1, 0.15) is 6.04 Å². The van der Waals surface area contributed by atoms with E-state index in [1.165, 1.54) is 4.68 Å². The molecule has 1 atom stereocenters. The maximum atomic E-state index is 11.1. The lowest BCUT2D eigenvalue weighted by molar-refractivity contribution is -0.141. The zero-order valence-corrected chi connectivity index (χ0v) is 12.6. The third-order valence-electron chi connectivity index (χ3n) is 4.14. The molecule has 0 aromatic carbocycles. The first-order valence-electron chi connectivity index (χ1n) is 6.80. The molecule has 7 heteroatoms. The highest BCUT2D eigenvalue weighted by molar-refractivity contribution is 6.62. The number of carboxylic acid groups (broad SMARTS) is 1. The van der Waals surface area contributed by atoms with Gasteiger partial charge in [0, 0.05) is 17.9 Å². The van der Waals surface area contributed by atoms with Crippen LogP contribution >= 0.6 is 0 Å². The zero-order chi connectivity index (χ0) is 15.1. The van der Waals surface area contributed by atoms with Crippen molar-refractivity contribution < 1.29 is 19.2 Å². The van der Waals surface area contributed by atoms with Gasteiger partial charge in [0.2, 0.25) is 0 Å². The van der Waals surface area contributed by atoms with Crippen LogP contribution in [0.4, 0.5) is 0 Å². The molecule has 1 aliphatic rings. The van der Waals surface area contributed by atoms with E-state index in [0.717, 1.165) is 5.46 Å². The van der Waals surface area contributed by atoms with Crippen molar-refractivity contribution in [2.45, 2.75) is 58.3 Å². The number of carboxylic acids is 1. The van der Waals surface area contributed by atoms with Gasteiger partial charge < -0.3 is 14.4 Å². The molecule has 0 saturated carbocycles. The Bertz CT molecular complexity index is 496. The van der Waals surface area contributed by atoms with Crippen LogP contribution in [0.15, 0.2) is 12.4 Å². The maximum Gasteiger partial charge on any atom is 0.498 e. The predicted octanol–water partition coefficient (Wildman–Crippen LogP) is 1.22. The van der Waals surface area contributed by atoms with Crippen molar-refractivity contribution in [2.75, 3.05) is 0 Å². The molecule has 110 valence electrons. The summed E-state index contributed by atoms with van der Waals surface area (Å²) >= 11 is 0. The van der Waals surface area contributed by atoms with Crippen molar-refractivity contribution in [3.8, 4) is 0 Å². The Morgan fingerprint density at radius 1 is 1.40 bits per heavy atom. The van der Waals surface area contributed by atoms with E-state index in [4.69, 9.17) is 14.4 Å². The van der Waals surface area contributed by atoms with Gasteiger partial charge in [-0.2, -0.15) is 5.10 Å². The Morgan fingerprint density at radius 3 is 2.40 bits per heavy atom. The van der Waals surface area contributed by atoms with Crippen molar-refractivity contribution in [2.24, 2.45) is 0 Å². The first-order chi connectivity index (χ1) is 9.18. The van der Waals surface area contributed by atoms with Gasteiger partial charge in [0.25, 0.3) is 0 Å². The van der Waals surface area contributed by atoms with Crippen molar-refractivity contribution in [1.29, 1.82) is 0 Å². The largest absolute Gasteiger partial charge is 0.498 e. The lowest BCUT2D eigenvalue weighted by Gasteiger charge is -2.32. The van der Waals surface area contributed by atoms with Crippen LogP contribution in [0.2, 0.25) is 0 Å². The maximum absolute atomic E-state index is 11.1. The van der Waals surface area contributed by atoms with Crippen molar-refractivity contribution in [3.63, 3.8) is 0 Å². The second-order valence-electron chi connectivity index (χ2n) is 6.10. The number of nitrogens with zero attached hydrogens (tertiary/aromatic N) is 2. The fourth-order valence-corrected chi connectivity index (χ4v) is 2.10. The van der Waals surface area contributed by atoms with E-state index in [-0.39, 0.29) is 0 Å². The quantitative estimate of drug-likeness (QED) is 0.839. The van der Waals surface area contributed by atoms with Crippen LogP contribution in [0.25, 0.3) is 0 Å². The Morgan fingerprint density at radius 2 is 1.95 bits per heavy atom. The van der Waals surface area contributed by atoms with Crippen molar-refractivity contribution in [3.05, 3.63) is 12.4 Å². The standard InChI is InChI=1S/C13H21BN2O4/c1-6-10(11(17)18)16-8-9(7-15-16)14-19-12(2,3)13(4,5)20-14/h7-8,10H,6H2,1-5H3,(H,17,18). The Hall–Kier alpha value is -1.34. The highest BCUT2D eigenvalue weighted by atomic mass is 16.7. The number of hydrogen-bond acceptors (Lipinski definition) is 4. The number of aliphatic carboxylic acids is 1. The third kappa shape index (κ3) is 2.47. The second-order valence-corrected chi connectivity index (χ2v) is 6.10. The van der Waals surface area contributed by atoms with Crippen LogP contribution in [-0.4, -0.2) is 39.2 Å². The second kappa shape index (κ2) is 4.89. The Labute approximate surface area is 119 Å². The average Bonchev–Trinajstić information content (AvgIpc) is 2.84. The van der Waals surface area contributed by atoms with Crippen LogP contribution in [0.1, 0.15) is 47.1 Å². The highest BCUT2D eigenvalue weighted by Gasteiger charge is 2.52. The third-order valence-corrected chi connectivity index (χ3v) is 4.14. The summed E-state index contributed by atoms with van der Waals surface area (Å²) in [4.78, 5) is 11.1. The van der Waals surface area contributed by atoms with E-state index in [2.05, 4.69) is 5.10 Å². The van der Waals surface area contributed by atoms with Crippen molar-refractivity contribution >= 4 is 18.6 Å². The molecule has 1 N–H and O–H groups in total. The number of hydrogen-bond donors (Lipinski definition) is 1. The zero-order valence-electron chi connectivity index (χ0n) is 12.6. The molecule has 20 heavy (non-hydrogen) atoms.